The van der Waals surface area contributed by atoms with Crippen LogP contribution in [0.2, 0.25) is 5.02 Å². The van der Waals surface area contributed by atoms with E-state index in [1.165, 1.54) is 32.4 Å². The molecule has 7 nitrogen and oxygen atoms in total. The summed E-state index contributed by atoms with van der Waals surface area (Å²) in [6.07, 6.45) is 0. The lowest BCUT2D eigenvalue weighted by atomic mass is 10.1. The Morgan fingerprint density at radius 1 is 1.00 bits per heavy atom. The van der Waals surface area contributed by atoms with E-state index < -0.39 is 22.0 Å². The minimum Gasteiger partial charge on any atom is -0.465 e. The van der Waals surface area contributed by atoms with E-state index in [-0.39, 0.29) is 22.6 Å². The van der Waals surface area contributed by atoms with E-state index in [1.54, 1.807) is 24.3 Å². The van der Waals surface area contributed by atoms with E-state index in [9.17, 15) is 18.0 Å². The first-order chi connectivity index (χ1) is 12.3. The highest BCUT2D eigenvalue weighted by molar-refractivity contribution is 7.91. The van der Waals surface area contributed by atoms with Gasteiger partial charge in [-0.2, -0.15) is 0 Å². The molecule has 2 rings (SSSR count). The van der Waals surface area contributed by atoms with Crippen LogP contribution in [0.15, 0.2) is 42.5 Å². The van der Waals surface area contributed by atoms with Gasteiger partial charge < -0.3 is 9.47 Å². The highest BCUT2D eigenvalue weighted by atomic mass is 35.5. The molecule has 0 bridgehead atoms. The fourth-order valence-electron chi connectivity index (χ4n) is 2.19. The van der Waals surface area contributed by atoms with Gasteiger partial charge in [-0.1, -0.05) is 29.8 Å². The number of rotatable bonds is 6. The highest BCUT2D eigenvalue weighted by Crippen LogP contribution is 2.22. The normalized spacial score (nSPS) is 10.9. The topological polar surface area (TPSA) is 98.8 Å². The van der Waals surface area contributed by atoms with Crippen molar-refractivity contribution in [3.63, 3.8) is 0 Å². The lowest BCUT2D eigenvalue weighted by molar-refractivity contribution is 0.0599. The van der Waals surface area contributed by atoms with E-state index in [2.05, 4.69) is 14.2 Å². The number of esters is 2. The SMILES string of the molecule is COC(=O)c1cc(NS(=O)(=O)Cc2ccccc2Cl)cc(C(=O)OC)c1. The summed E-state index contributed by atoms with van der Waals surface area (Å²) in [4.78, 5) is 23.5. The van der Waals surface area contributed by atoms with Crippen molar-refractivity contribution in [3.05, 3.63) is 64.2 Å². The van der Waals surface area contributed by atoms with Crippen LogP contribution in [0.1, 0.15) is 26.3 Å². The van der Waals surface area contributed by atoms with Gasteiger partial charge in [0.25, 0.3) is 0 Å². The fourth-order valence-corrected chi connectivity index (χ4v) is 3.69. The summed E-state index contributed by atoms with van der Waals surface area (Å²) in [7, 11) is -1.50. The molecule has 0 saturated heterocycles. The van der Waals surface area contributed by atoms with Crippen molar-refractivity contribution < 1.29 is 27.5 Å². The molecule has 0 spiro atoms. The number of carbonyl (C=O) groups is 2. The van der Waals surface area contributed by atoms with Gasteiger partial charge in [0.05, 0.1) is 36.8 Å². The number of sulfonamides is 1. The number of carbonyl (C=O) groups excluding carboxylic acids is 2. The molecule has 26 heavy (non-hydrogen) atoms. The van der Waals surface area contributed by atoms with Crippen LogP contribution >= 0.6 is 11.6 Å². The van der Waals surface area contributed by atoms with Crippen molar-refractivity contribution in [3.8, 4) is 0 Å². The predicted octanol–water partition coefficient (Wildman–Crippen LogP) is 2.86. The molecule has 0 fully saturated rings. The number of nitrogens with one attached hydrogen (secondary N) is 1. The smallest absolute Gasteiger partial charge is 0.337 e. The van der Waals surface area contributed by atoms with Crippen LogP contribution in [0.5, 0.6) is 0 Å². The molecule has 2 aromatic carbocycles. The van der Waals surface area contributed by atoms with E-state index in [1.807, 2.05) is 0 Å². The van der Waals surface area contributed by atoms with Crippen LogP contribution in [0.3, 0.4) is 0 Å². The van der Waals surface area contributed by atoms with Crippen molar-refractivity contribution in [2.45, 2.75) is 5.75 Å². The lowest BCUT2D eigenvalue weighted by Crippen LogP contribution is -2.16. The maximum atomic E-state index is 12.4. The summed E-state index contributed by atoms with van der Waals surface area (Å²) in [6.45, 7) is 0. The van der Waals surface area contributed by atoms with E-state index in [0.717, 1.165) is 0 Å². The lowest BCUT2D eigenvalue weighted by Gasteiger charge is -2.11. The minimum absolute atomic E-state index is 0.00541. The van der Waals surface area contributed by atoms with Gasteiger partial charge in [-0.15, -0.1) is 0 Å². The number of methoxy groups -OCH3 is 2. The average Bonchev–Trinajstić information content (AvgIpc) is 2.61. The molecular weight excluding hydrogens is 382 g/mol. The van der Waals surface area contributed by atoms with Gasteiger partial charge in [0, 0.05) is 5.02 Å². The summed E-state index contributed by atoms with van der Waals surface area (Å²) in [5.74, 6) is -1.81. The summed E-state index contributed by atoms with van der Waals surface area (Å²) >= 11 is 5.99. The van der Waals surface area contributed by atoms with Crippen molar-refractivity contribution in [2.24, 2.45) is 0 Å². The third kappa shape index (κ3) is 4.96. The Balaban J connectivity index is 2.36. The molecule has 0 aliphatic rings. The molecule has 0 atom stereocenters. The Labute approximate surface area is 155 Å². The Kier molecular flexibility index (Phi) is 6.23. The monoisotopic (exact) mass is 397 g/mol. The molecular formula is C17H16ClNO6S. The molecule has 0 amide bonds. The van der Waals surface area contributed by atoms with Gasteiger partial charge in [0.15, 0.2) is 0 Å². The molecule has 0 aliphatic carbocycles. The van der Waals surface area contributed by atoms with Gasteiger partial charge in [-0.05, 0) is 29.8 Å². The number of hydrogen-bond acceptors (Lipinski definition) is 6. The quantitative estimate of drug-likeness (QED) is 0.752. The van der Waals surface area contributed by atoms with Gasteiger partial charge in [0.1, 0.15) is 0 Å². The number of halogens is 1. The van der Waals surface area contributed by atoms with Gasteiger partial charge >= 0.3 is 11.9 Å². The number of anilines is 1. The minimum atomic E-state index is -3.85. The molecule has 1 N–H and O–H groups in total. The molecule has 0 radical (unpaired) electrons. The molecule has 2 aromatic rings. The molecule has 0 heterocycles. The second-order valence-corrected chi connectivity index (χ2v) is 7.36. The first kappa shape index (κ1) is 19.7. The summed E-state index contributed by atoms with van der Waals surface area (Å²) in [6, 6.07) is 10.3. The molecule has 9 heteroatoms. The third-order valence-corrected chi connectivity index (χ3v) is 4.96. The Morgan fingerprint density at radius 3 is 2.04 bits per heavy atom. The summed E-state index contributed by atoms with van der Waals surface area (Å²) in [5, 5.41) is 0.316. The van der Waals surface area contributed by atoms with E-state index in [0.29, 0.717) is 10.6 Å². The van der Waals surface area contributed by atoms with Gasteiger partial charge in [0.2, 0.25) is 10.0 Å². The zero-order chi connectivity index (χ0) is 19.3. The van der Waals surface area contributed by atoms with E-state index in [4.69, 9.17) is 11.6 Å². The first-order valence-corrected chi connectivity index (χ1v) is 9.34. The maximum Gasteiger partial charge on any atom is 0.337 e. The average molecular weight is 398 g/mol. The van der Waals surface area contributed by atoms with Crippen LogP contribution in [0.25, 0.3) is 0 Å². The largest absolute Gasteiger partial charge is 0.465 e. The predicted molar refractivity (Wildman–Crippen MR) is 96.8 cm³/mol. The van der Waals surface area contributed by atoms with Crippen LogP contribution in [0, 0.1) is 0 Å². The molecule has 0 aliphatic heterocycles. The zero-order valence-electron chi connectivity index (χ0n) is 14.0. The summed E-state index contributed by atoms with van der Waals surface area (Å²) < 4.78 is 36.4. The number of benzene rings is 2. The zero-order valence-corrected chi connectivity index (χ0v) is 15.6. The van der Waals surface area contributed by atoms with Crippen LogP contribution < -0.4 is 4.72 Å². The Morgan fingerprint density at radius 2 is 1.54 bits per heavy atom. The van der Waals surface area contributed by atoms with Crippen LogP contribution in [0.4, 0.5) is 5.69 Å². The van der Waals surface area contributed by atoms with Crippen molar-refractivity contribution >= 4 is 39.3 Å². The molecule has 0 aromatic heterocycles. The fraction of sp³-hybridized carbons (Fsp3) is 0.176. The number of ether oxygens (including phenoxy) is 2. The summed E-state index contributed by atoms with van der Waals surface area (Å²) in [5.41, 5.74) is 0.455. The second kappa shape index (κ2) is 8.20. The van der Waals surface area contributed by atoms with E-state index >= 15 is 0 Å². The van der Waals surface area contributed by atoms with Crippen LogP contribution in [-0.2, 0) is 25.2 Å². The second-order valence-electron chi connectivity index (χ2n) is 5.23. The van der Waals surface area contributed by atoms with Gasteiger partial charge in [-0.25, -0.2) is 18.0 Å². The molecule has 0 saturated carbocycles. The van der Waals surface area contributed by atoms with Crippen molar-refractivity contribution in [1.29, 1.82) is 0 Å². The Hall–Kier alpha value is -2.58. The molecule has 0 unspecified atom stereocenters. The van der Waals surface area contributed by atoms with Crippen molar-refractivity contribution in [1.82, 2.24) is 0 Å². The Bertz CT molecular complexity index is 908. The maximum absolute atomic E-state index is 12.4. The highest BCUT2D eigenvalue weighted by Gasteiger charge is 2.18. The first-order valence-electron chi connectivity index (χ1n) is 7.31. The standard InChI is InChI=1S/C17H16ClNO6S/c1-24-16(20)12-7-13(17(21)25-2)9-14(8-12)19-26(22,23)10-11-5-3-4-6-15(11)18/h3-9,19H,10H2,1-2H3. The number of hydrogen-bond donors (Lipinski definition) is 1. The third-order valence-electron chi connectivity index (χ3n) is 3.35. The van der Waals surface area contributed by atoms with Crippen molar-refractivity contribution in [2.75, 3.05) is 18.9 Å². The molecule has 138 valence electrons. The van der Waals surface area contributed by atoms with Crippen LogP contribution in [-0.4, -0.2) is 34.6 Å². The van der Waals surface area contributed by atoms with Gasteiger partial charge in [-0.3, -0.25) is 4.72 Å².